The predicted molar refractivity (Wildman–Crippen MR) is 86.1 cm³/mol. The van der Waals surface area contributed by atoms with Gasteiger partial charge in [0.05, 0.1) is 11.7 Å². The molecule has 1 rings (SSSR count). The van der Waals surface area contributed by atoms with Gasteiger partial charge in [0, 0.05) is 7.05 Å². The normalized spacial score (nSPS) is 14.0. The Labute approximate surface area is 137 Å². The summed E-state index contributed by atoms with van der Waals surface area (Å²) in [6.45, 7) is 7.21. The lowest BCUT2D eigenvalue weighted by molar-refractivity contribution is -0.153. The molecule has 0 unspecified atom stereocenters. The quantitative estimate of drug-likeness (QED) is 0.871. The number of carboxylic acid groups (broad SMARTS) is 1. The molecule has 1 N–H and O–H groups in total. The van der Waals surface area contributed by atoms with Crippen LogP contribution in [0, 0.1) is 0 Å². The first-order valence-electron chi connectivity index (χ1n) is 7.46. The molecule has 0 aliphatic heterocycles. The first-order chi connectivity index (χ1) is 10.6. The zero-order valence-electron chi connectivity index (χ0n) is 14.3. The van der Waals surface area contributed by atoms with E-state index in [1.807, 2.05) is 51.1 Å². The molecule has 0 aromatic heterocycles. The summed E-state index contributed by atoms with van der Waals surface area (Å²) in [6.07, 6.45) is -1.38. The molecule has 128 valence electrons. The fraction of sp³-hybridized carbons (Fsp3) is 0.529. The molecule has 0 bridgehead atoms. The average Bonchev–Trinajstić information content (AvgIpc) is 2.43. The zero-order chi connectivity index (χ0) is 17.6. The topological polar surface area (TPSA) is 76.1 Å². The minimum absolute atomic E-state index is 0.0882. The van der Waals surface area contributed by atoms with Gasteiger partial charge in [0.25, 0.3) is 0 Å². The molecule has 23 heavy (non-hydrogen) atoms. The van der Waals surface area contributed by atoms with Crippen LogP contribution >= 0.6 is 0 Å². The Morgan fingerprint density at radius 1 is 1.22 bits per heavy atom. The molecule has 1 amide bonds. The van der Waals surface area contributed by atoms with Crippen LogP contribution in [-0.4, -0.2) is 46.9 Å². The molecule has 0 aliphatic rings. The van der Waals surface area contributed by atoms with E-state index >= 15 is 0 Å². The second-order valence-electron chi connectivity index (χ2n) is 6.37. The highest BCUT2D eigenvalue weighted by atomic mass is 16.6. The van der Waals surface area contributed by atoms with Crippen molar-refractivity contribution < 1.29 is 24.2 Å². The number of ether oxygens (including phenoxy) is 2. The number of nitrogens with zero attached hydrogens (tertiary/aromatic N) is 1. The molecule has 0 saturated carbocycles. The van der Waals surface area contributed by atoms with Gasteiger partial charge in [-0.3, -0.25) is 4.90 Å². The molecule has 2 atom stereocenters. The van der Waals surface area contributed by atoms with Crippen LogP contribution in [0.4, 0.5) is 4.79 Å². The average molecular weight is 323 g/mol. The number of carbonyl (C=O) groups is 2. The zero-order valence-corrected chi connectivity index (χ0v) is 14.3. The van der Waals surface area contributed by atoms with E-state index < -0.39 is 29.8 Å². The summed E-state index contributed by atoms with van der Waals surface area (Å²) < 4.78 is 10.8. The van der Waals surface area contributed by atoms with Gasteiger partial charge in [-0.1, -0.05) is 30.3 Å². The summed E-state index contributed by atoms with van der Waals surface area (Å²) in [5.41, 5.74) is 0.321. The number of carbonyl (C=O) groups excluding carboxylic acids is 1. The van der Waals surface area contributed by atoms with Crippen LogP contribution in [-0.2, 0) is 20.9 Å². The molecule has 0 heterocycles. The molecular formula is C17H25NO5. The van der Waals surface area contributed by atoms with Crippen LogP contribution in [0.1, 0.15) is 33.3 Å². The van der Waals surface area contributed by atoms with Crippen LogP contribution in [0.3, 0.4) is 0 Å². The maximum Gasteiger partial charge on any atom is 0.410 e. The van der Waals surface area contributed by atoms with Gasteiger partial charge in [-0.05, 0) is 33.3 Å². The third-order valence-corrected chi connectivity index (χ3v) is 3.15. The van der Waals surface area contributed by atoms with Gasteiger partial charge in [-0.25, -0.2) is 9.59 Å². The molecule has 6 nitrogen and oxygen atoms in total. The second-order valence-corrected chi connectivity index (χ2v) is 6.37. The number of hydrogen-bond acceptors (Lipinski definition) is 4. The van der Waals surface area contributed by atoms with Gasteiger partial charge < -0.3 is 14.6 Å². The highest BCUT2D eigenvalue weighted by molar-refractivity contribution is 5.80. The lowest BCUT2D eigenvalue weighted by Crippen LogP contribution is -2.51. The minimum Gasteiger partial charge on any atom is -0.480 e. The predicted octanol–water partition coefficient (Wildman–Crippen LogP) is 2.91. The molecule has 0 aliphatic carbocycles. The van der Waals surface area contributed by atoms with Gasteiger partial charge in [0.2, 0.25) is 0 Å². The molecule has 0 radical (unpaired) electrons. The van der Waals surface area contributed by atoms with E-state index in [9.17, 15) is 14.7 Å². The largest absolute Gasteiger partial charge is 0.480 e. The second kappa shape index (κ2) is 7.97. The molecule has 1 aromatic rings. The summed E-state index contributed by atoms with van der Waals surface area (Å²) in [5, 5.41) is 9.42. The lowest BCUT2D eigenvalue weighted by Gasteiger charge is -2.33. The molecule has 0 fully saturated rings. The van der Waals surface area contributed by atoms with Gasteiger partial charge >= 0.3 is 12.1 Å². The first-order valence-corrected chi connectivity index (χ1v) is 7.46. The lowest BCUT2D eigenvalue weighted by atomic mass is 10.1. The Morgan fingerprint density at radius 3 is 2.26 bits per heavy atom. The van der Waals surface area contributed by atoms with Crippen molar-refractivity contribution in [3.05, 3.63) is 35.9 Å². The molecular weight excluding hydrogens is 298 g/mol. The van der Waals surface area contributed by atoms with E-state index in [-0.39, 0.29) is 6.61 Å². The van der Waals surface area contributed by atoms with Gasteiger partial charge in [-0.15, -0.1) is 0 Å². The first kappa shape index (κ1) is 19.0. The van der Waals surface area contributed by atoms with Crippen molar-refractivity contribution in [1.82, 2.24) is 4.90 Å². The van der Waals surface area contributed by atoms with E-state index in [2.05, 4.69) is 0 Å². The number of aliphatic carboxylic acids is 1. The molecule has 0 saturated heterocycles. The van der Waals surface area contributed by atoms with E-state index in [0.717, 1.165) is 10.5 Å². The van der Waals surface area contributed by atoms with E-state index in [0.29, 0.717) is 0 Å². The number of likely N-dealkylation sites (N-methyl/N-ethyl adjacent to an activating group) is 1. The van der Waals surface area contributed by atoms with Crippen molar-refractivity contribution in [2.75, 3.05) is 7.05 Å². The van der Waals surface area contributed by atoms with E-state index in [4.69, 9.17) is 9.47 Å². The minimum atomic E-state index is -1.14. The molecule has 1 aromatic carbocycles. The van der Waals surface area contributed by atoms with Crippen molar-refractivity contribution in [2.24, 2.45) is 0 Å². The monoisotopic (exact) mass is 323 g/mol. The Morgan fingerprint density at radius 2 is 1.78 bits per heavy atom. The Bertz CT molecular complexity index is 524. The summed E-state index contributed by atoms with van der Waals surface area (Å²) in [6, 6.07) is 8.07. The molecule has 0 spiro atoms. The van der Waals surface area contributed by atoms with Crippen molar-refractivity contribution in [3.8, 4) is 0 Å². The van der Waals surface area contributed by atoms with Crippen molar-refractivity contribution in [2.45, 2.75) is 52.0 Å². The number of benzene rings is 1. The van der Waals surface area contributed by atoms with Crippen LogP contribution in [0.2, 0.25) is 0 Å². The smallest absolute Gasteiger partial charge is 0.410 e. The summed E-state index contributed by atoms with van der Waals surface area (Å²) in [7, 11) is 1.40. The summed E-state index contributed by atoms with van der Waals surface area (Å²) >= 11 is 0. The van der Waals surface area contributed by atoms with E-state index in [1.165, 1.54) is 7.05 Å². The van der Waals surface area contributed by atoms with Crippen LogP contribution in [0.15, 0.2) is 30.3 Å². The maximum atomic E-state index is 12.1. The fourth-order valence-corrected chi connectivity index (χ4v) is 2.24. The number of carboxylic acids is 1. The van der Waals surface area contributed by atoms with E-state index in [1.54, 1.807) is 6.92 Å². The van der Waals surface area contributed by atoms with Crippen molar-refractivity contribution in [1.29, 1.82) is 0 Å². The van der Waals surface area contributed by atoms with Crippen molar-refractivity contribution >= 4 is 12.1 Å². The third kappa shape index (κ3) is 6.28. The van der Waals surface area contributed by atoms with Crippen LogP contribution in [0.5, 0.6) is 0 Å². The van der Waals surface area contributed by atoms with Crippen LogP contribution in [0.25, 0.3) is 0 Å². The highest BCUT2D eigenvalue weighted by Crippen LogP contribution is 2.17. The number of amides is 1. The van der Waals surface area contributed by atoms with Crippen molar-refractivity contribution in [3.63, 3.8) is 0 Å². The molecule has 6 heteroatoms. The van der Waals surface area contributed by atoms with Gasteiger partial charge in [0.15, 0.2) is 6.04 Å². The van der Waals surface area contributed by atoms with Crippen LogP contribution < -0.4 is 0 Å². The fourth-order valence-electron chi connectivity index (χ4n) is 2.24. The summed E-state index contributed by atoms with van der Waals surface area (Å²) in [5.74, 6) is -1.14. The third-order valence-electron chi connectivity index (χ3n) is 3.15. The SMILES string of the molecule is C[C@@H](OC(C)(C)C)[C@@H](C(=O)O)N(C)C(=O)OCc1ccccc1. The number of rotatable bonds is 6. The number of hydrogen-bond donors (Lipinski definition) is 1. The maximum absolute atomic E-state index is 12.1. The van der Waals surface area contributed by atoms with Gasteiger partial charge in [-0.2, -0.15) is 0 Å². The highest BCUT2D eigenvalue weighted by Gasteiger charge is 2.35. The Kier molecular flexibility index (Phi) is 6.57. The standard InChI is InChI=1S/C17H25NO5/c1-12(23-17(2,3)4)14(15(19)20)18(5)16(21)22-11-13-9-7-6-8-10-13/h6-10,12,14H,11H2,1-5H3,(H,19,20)/t12-,14+/m1/s1. The van der Waals surface area contributed by atoms with Gasteiger partial charge in [0.1, 0.15) is 6.61 Å². The summed E-state index contributed by atoms with van der Waals surface area (Å²) in [4.78, 5) is 24.7. The Balaban J connectivity index is 2.71. The Hall–Kier alpha value is -2.08.